The number of benzene rings is 1. The van der Waals surface area contributed by atoms with E-state index < -0.39 is 5.91 Å². The summed E-state index contributed by atoms with van der Waals surface area (Å²) in [6, 6.07) is 5.68. The van der Waals surface area contributed by atoms with Crippen LogP contribution in [-0.2, 0) is 0 Å². The predicted molar refractivity (Wildman–Crippen MR) is 60.6 cm³/mol. The zero-order chi connectivity index (χ0) is 10.8. The van der Waals surface area contributed by atoms with E-state index in [1.807, 2.05) is 6.07 Å². The van der Waals surface area contributed by atoms with E-state index in [1.54, 1.807) is 12.1 Å². The molecule has 0 spiro atoms. The molecular weight excluding hydrogens is 190 g/mol. The SMILES string of the molecule is NC(=O)c1cc(N)ccc1NC1CCC1. The molecule has 0 saturated heterocycles. The maximum Gasteiger partial charge on any atom is 0.250 e. The minimum Gasteiger partial charge on any atom is -0.399 e. The first-order chi connectivity index (χ1) is 7.16. The van der Waals surface area contributed by atoms with Crippen LogP contribution in [0.25, 0.3) is 0 Å². The first-order valence-electron chi connectivity index (χ1n) is 5.12. The molecule has 1 aliphatic rings. The number of amides is 1. The number of anilines is 2. The maximum atomic E-state index is 11.2. The molecule has 0 atom stereocenters. The lowest BCUT2D eigenvalue weighted by molar-refractivity contribution is 0.100. The number of hydrogen-bond acceptors (Lipinski definition) is 3. The molecule has 0 aliphatic heterocycles. The van der Waals surface area contributed by atoms with Gasteiger partial charge in [0.15, 0.2) is 0 Å². The molecule has 0 aromatic heterocycles. The molecule has 1 aliphatic carbocycles. The minimum absolute atomic E-state index is 0.441. The van der Waals surface area contributed by atoms with Crippen LogP contribution in [0.2, 0.25) is 0 Å². The molecular formula is C11H15N3O. The average molecular weight is 205 g/mol. The Morgan fingerprint density at radius 1 is 1.40 bits per heavy atom. The molecule has 1 saturated carbocycles. The quantitative estimate of drug-likeness (QED) is 0.651. The van der Waals surface area contributed by atoms with Gasteiger partial charge in [0.25, 0.3) is 5.91 Å². The van der Waals surface area contributed by atoms with Crippen molar-refractivity contribution in [2.45, 2.75) is 25.3 Å². The van der Waals surface area contributed by atoms with Crippen LogP contribution >= 0.6 is 0 Å². The summed E-state index contributed by atoms with van der Waals surface area (Å²) in [5.74, 6) is -0.441. The van der Waals surface area contributed by atoms with E-state index in [2.05, 4.69) is 5.32 Å². The number of rotatable bonds is 3. The average Bonchev–Trinajstić information content (AvgIpc) is 2.12. The van der Waals surface area contributed by atoms with Gasteiger partial charge in [-0.15, -0.1) is 0 Å². The molecule has 0 bridgehead atoms. The third-order valence-corrected chi connectivity index (χ3v) is 2.77. The van der Waals surface area contributed by atoms with Crippen LogP contribution in [0.3, 0.4) is 0 Å². The Bertz CT molecular complexity index is 385. The fourth-order valence-corrected chi connectivity index (χ4v) is 1.66. The van der Waals surface area contributed by atoms with E-state index >= 15 is 0 Å². The van der Waals surface area contributed by atoms with Crippen molar-refractivity contribution in [3.05, 3.63) is 23.8 Å². The molecule has 1 amide bonds. The summed E-state index contributed by atoms with van der Waals surface area (Å²) in [4.78, 5) is 11.2. The Kier molecular flexibility index (Phi) is 2.49. The lowest BCUT2D eigenvalue weighted by Gasteiger charge is -2.28. The molecule has 1 aromatic rings. The first kappa shape index (κ1) is 9.83. The number of nitrogen functional groups attached to an aromatic ring is 1. The normalized spacial score (nSPS) is 15.7. The van der Waals surface area contributed by atoms with Crippen LogP contribution < -0.4 is 16.8 Å². The molecule has 4 nitrogen and oxygen atoms in total. The van der Waals surface area contributed by atoms with E-state index in [9.17, 15) is 4.79 Å². The number of primary amides is 1. The van der Waals surface area contributed by atoms with Gasteiger partial charge in [-0.1, -0.05) is 0 Å². The number of hydrogen-bond donors (Lipinski definition) is 3. The summed E-state index contributed by atoms with van der Waals surface area (Å²) in [6.07, 6.45) is 3.56. The molecule has 4 heteroatoms. The molecule has 5 N–H and O–H groups in total. The van der Waals surface area contributed by atoms with Crippen molar-refractivity contribution < 1.29 is 4.79 Å². The highest BCUT2D eigenvalue weighted by Gasteiger charge is 2.19. The van der Waals surface area contributed by atoms with Gasteiger partial charge in [-0.3, -0.25) is 4.79 Å². The molecule has 80 valence electrons. The maximum absolute atomic E-state index is 11.2. The largest absolute Gasteiger partial charge is 0.399 e. The Balaban J connectivity index is 2.23. The van der Waals surface area contributed by atoms with Gasteiger partial charge in [-0.2, -0.15) is 0 Å². The van der Waals surface area contributed by atoms with Crippen molar-refractivity contribution in [1.29, 1.82) is 0 Å². The van der Waals surface area contributed by atoms with Crippen molar-refractivity contribution in [1.82, 2.24) is 0 Å². The van der Waals surface area contributed by atoms with Crippen LogP contribution in [-0.4, -0.2) is 11.9 Å². The van der Waals surface area contributed by atoms with Crippen molar-refractivity contribution in [3.8, 4) is 0 Å². The highest BCUT2D eigenvalue weighted by Crippen LogP contribution is 2.26. The molecule has 1 aromatic carbocycles. The van der Waals surface area contributed by atoms with Crippen LogP contribution in [0, 0.1) is 0 Å². The standard InChI is InChI=1S/C11H15N3O/c12-7-4-5-10(9(6-7)11(13)15)14-8-2-1-3-8/h4-6,8,14H,1-3,12H2,(H2,13,15). The Morgan fingerprint density at radius 3 is 2.67 bits per heavy atom. The summed E-state index contributed by atoms with van der Waals surface area (Å²) < 4.78 is 0. The van der Waals surface area contributed by atoms with Crippen LogP contribution in [0.1, 0.15) is 29.6 Å². The summed E-state index contributed by atoms with van der Waals surface area (Å²) in [5.41, 5.74) is 12.7. The van der Waals surface area contributed by atoms with Gasteiger partial charge in [-0.05, 0) is 37.5 Å². The fraction of sp³-hybridized carbons (Fsp3) is 0.364. The van der Waals surface area contributed by atoms with Crippen molar-refractivity contribution >= 4 is 17.3 Å². The van der Waals surface area contributed by atoms with Crippen LogP contribution in [0.5, 0.6) is 0 Å². The highest BCUT2D eigenvalue weighted by molar-refractivity contribution is 5.99. The summed E-state index contributed by atoms with van der Waals surface area (Å²) in [7, 11) is 0. The minimum atomic E-state index is -0.441. The number of carbonyl (C=O) groups is 1. The van der Waals surface area contributed by atoms with E-state index in [-0.39, 0.29) is 0 Å². The van der Waals surface area contributed by atoms with Gasteiger partial charge in [-0.25, -0.2) is 0 Å². The number of nitrogens with one attached hydrogen (secondary N) is 1. The van der Waals surface area contributed by atoms with Crippen LogP contribution in [0.4, 0.5) is 11.4 Å². The lowest BCUT2D eigenvalue weighted by atomic mass is 9.92. The molecule has 2 rings (SSSR count). The van der Waals surface area contributed by atoms with Gasteiger partial charge in [0, 0.05) is 17.4 Å². The van der Waals surface area contributed by atoms with Gasteiger partial charge in [0.1, 0.15) is 0 Å². The van der Waals surface area contributed by atoms with Gasteiger partial charge < -0.3 is 16.8 Å². The van der Waals surface area contributed by atoms with Crippen molar-refractivity contribution in [2.75, 3.05) is 11.1 Å². The highest BCUT2D eigenvalue weighted by atomic mass is 16.1. The topological polar surface area (TPSA) is 81.1 Å². The lowest BCUT2D eigenvalue weighted by Crippen LogP contribution is -2.28. The molecule has 1 fully saturated rings. The molecule has 0 radical (unpaired) electrons. The second kappa shape index (κ2) is 3.81. The second-order valence-electron chi connectivity index (χ2n) is 3.94. The monoisotopic (exact) mass is 205 g/mol. The zero-order valence-corrected chi connectivity index (χ0v) is 8.49. The second-order valence-corrected chi connectivity index (χ2v) is 3.94. The van der Waals surface area contributed by atoms with Crippen LogP contribution in [0.15, 0.2) is 18.2 Å². The number of carbonyl (C=O) groups excluding carboxylic acids is 1. The fourth-order valence-electron chi connectivity index (χ4n) is 1.66. The van der Waals surface area contributed by atoms with Gasteiger partial charge in [0.05, 0.1) is 5.56 Å². The van der Waals surface area contributed by atoms with Crippen molar-refractivity contribution in [2.24, 2.45) is 5.73 Å². The molecule has 15 heavy (non-hydrogen) atoms. The zero-order valence-electron chi connectivity index (χ0n) is 8.49. The third kappa shape index (κ3) is 2.03. The van der Waals surface area contributed by atoms with Crippen molar-refractivity contribution in [3.63, 3.8) is 0 Å². The Hall–Kier alpha value is -1.71. The third-order valence-electron chi connectivity index (χ3n) is 2.77. The van der Waals surface area contributed by atoms with Gasteiger partial charge in [0.2, 0.25) is 0 Å². The molecule has 0 heterocycles. The van der Waals surface area contributed by atoms with Gasteiger partial charge >= 0.3 is 0 Å². The smallest absolute Gasteiger partial charge is 0.250 e. The van der Waals surface area contributed by atoms with E-state index in [1.165, 1.54) is 6.42 Å². The predicted octanol–water partition coefficient (Wildman–Crippen LogP) is 1.33. The summed E-state index contributed by atoms with van der Waals surface area (Å²) in [6.45, 7) is 0. The molecule has 0 unspecified atom stereocenters. The Labute approximate surface area is 88.6 Å². The summed E-state index contributed by atoms with van der Waals surface area (Å²) >= 11 is 0. The first-order valence-corrected chi connectivity index (χ1v) is 5.12. The van der Waals surface area contributed by atoms with E-state index in [0.717, 1.165) is 18.5 Å². The summed E-state index contributed by atoms with van der Waals surface area (Å²) in [5, 5.41) is 3.30. The van der Waals surface area contributed by atoms with E-state index in [0.29, 0.717) is 17.3 Å². The van der Waals surface area contributed by atoms with E-state index in [4.69, 9.17) is 11.5 Å². The number of nitrogens with two attached hydrogens (primary N) is 2. The Morgan fingerprint density at radius 2 is 2.13 bits per heavy atom.